The summed E-state index contributed by atoms with van der Waals surface area (Å²) >= 11 is 3.36. The molecule has 3 rings (SSSR count). The maximum absolute atomic E-state index is 11.3. The molecule has 0 radical (unpaired) electrons. The Morgan fingerprint density at radius 2 is 1.70 bits per heavy atom. The summed E-state index contributed by atoms with van der Waals surface area (Å²) in [5.41, 5.74) is 4.04. The molecule has 0 bridgehead atoms. The highest BCUT2D eigenvalue weighted by Crippen LogP contribution is 2.24. The number of alkyl halides is 1. The number of para-hydroxylation sites is 1. The van der Waals surface area contributed by atoms with Crippen molar-refractivity contribution in [2.45, 2.75) is 5.33 Å². The first kappa shape index (κ1) is 14.7. The largest absolute Gasteiger partial charge is 0.624 e. The van der Waals surface area contributed by atoms with Gasteiger partial charge in [0, 0.05) is 22.5 Å². The number of nitrogens with one attached hydrogen (secondary N) is 1. The fraction of sp³-hybridized carbons (Fsp3) is 0.0588. The van der Waals surface area contributed by atoms with E-state index in [1.165, 1.54) is 5.56 Å². The van der Waals surface area contributed by atoms with Crippen LogP contribution in [0.5, 0.6) is 0 Å². The summed E-state index contributed by atoms with van der Waals surface area (Å²) < 4.78 is 0. The van der Waals surface area contributed by atoms with Crippen LogP contribution in [0.4, 0.5) is 5.69 Å². The molecule has 1 unspecified atom stereocenters. The van der Waals surface area contributed by atoms with E-state index in [9.17, 15) is 5.21 Å². The first-order valence-corrected chi connectivity index (χ1v) is 7.46. The van der Waals surface area contributed by atoms with Crippen LogP contribution in [-0.4, -0.2) is 0 Å². The molecule has 1 aliphatic heterocycles. The van der Waals surface area contributed by atoms with Gasteiger partial charge < -0.3 is 10.3 Å². The fourth-order valence-corrected chi connectivity index (χ4v) is 2.36. The van der Waals surface area contributed by atoms with Crippen LogP contribution < -0.4 is 5.06 Å². The van der Waals surface area contributed by atoms with Gasteiger partial charge in [-0.15, -0.1) is 0 Å². The second kappa shape index (κ2) is 7.20. The zero-order valence-electron chi connectivity index (χ0n) is 11.1. The van der Waals surface area contributed by atoms with Crippen molar-refractivity contribution in [1.29, 1.82) is 0 Å². The lowest BCUT2D eigenvalue weighted by Crippen LogP contribution is -2.95. The molecule has 0 fully saturated rings. The predicted octanol–water partition coefficient (Wildman–Crippen LogP) is 3.82. The normalized spacial score (nSPS) is 15.7. The third kappa shape index (κ3) is 3.45. The maximum Gasteiger partial charge on any atom is 0.143 e. The average Bonchev–Trinajstić information content (AvgIpc) is 2.86. The Hall–Kier alpha value is -1.68. The van der Waals surface area contributed by atoms with Crippen LogP contribution in [0.1, 0.15) is 11.1 Å². The molecule has 0 saturated carbocycles. The van der Waals surface area contributed by atoms with E-state index in [4.69, 9.17) is 0 Å². The zero-order chi connectivity index (χ0) is 14.4. The molecule has 3 heteroatoms. The number of rotatable bonds is 2. The fourth-order valence-electron chi connectivity index (χ4n) is 1.98. The Labute approximate surface area is 127 Å². The number of quaternary nitrogens is 1. The minimum Gasteiger partial charge on any atom is -0.624 e. The average molecular weight is 330 g/mol. The van der Waals surface area contributed by atoms with Crippen LogP contribution >= 0.6 is 15.9 Å². The van der Waals surface area contributed by atoms with Crippen molar-refractivity contribution in [2.24, 2.45) is 0 Å². The van der Waals surface area contributed by atoms with Gasteiger partial charge in [-0.1, -0.05) is 71.0 Å². The molecule has 1 heterocycles. The van der Waals surface area contributed by atoms with E-state index in [1.54, 1.807) is 12.3 Å². The van der Waals surface area contributed by atoms with Crippen LogP contribution in [0.3, 0.4) is 0 Å². The van der Waals surface area contributed by atoms with Gasteiger partial charge in [-0.25, -0.2) is 0 Å². The van der Waals surface area contributed by atoms with Gasteiger partial charge in [0.25, 0.3) is 0 Å². The first-order chi connectivity index (χ1) is 9.76. The van der Waals surface area contributed by atoms with Crippen molar-refractivity contribution in [1.82, 2.24) is 0 Å². The highest BCUT2D eigenvalue weighted by molar-refractivity contribution is 9.08. The summed E-state index contributed by atoms with van der Waals surface area (Å²) in [4.78, 5) is 0. The Bertz CT molecular complexity index is 607. The van der Waals surface area contributed by atoms with Gasteiger partial charge in [0.1, 0.15) is 11.9 Å². The zero-order valence-corrected chi connectivity index (χ0v) is 12.6. The van der Waals surface area contributed by atoms with Crippen molar-refractivity contribution < 1.29 is 5.06 Å². The van der Waals surface area contributed by atoms with E-state index in [2.05, 4.69) is 34.6 Å². The molecule has 2 aromatic rings. The molecule has 0 saturated heterocycles. The number of hydroxylamine groups is 1. The van der Waals surface area contributed by atoms with E-state index in [1.807, 2.05) is 42.5 Å². The molecule has 1 atom stereocenters. The monoisotopic (exact) mass is 329 g/mol. The highest BCUT2D eigenvalue weighted by atomic mass is 79.9. The number of hydrogen-bond acceptors (Lipinski definition) is 1. The van der Waals surface area contributed by atoms with Crippen molar-refractivity contribution in [3.8, 4) is 0 Å². The highest BCUT2D eigenvalue weighted by Gasteiger charge is 2.17. The van der Waals surface area contributed by atoms with Crippen molar-refractivity contribution >= 4 is 27.2 Å². The molecule has 1 N–H and O–H groups in total. The van der Waals surface area contributed by atoms with Crippen LogP contribution in [0.25, 0.3) is 5.57 Å². The summed E-state index contributed by atoms with van der Waals surface area (Å²) in [6, 6.07) is 17.9. The molecule has 2 aromatic carbocycles. The molecule has 0 spiro atoms. The number of benzene rings is 2. The van der Waals surface area contributed by atoms with Crippen molar-refractivity contribution in [2.75, 3.05) is 0 Å². The molecule has 2 nitrogen and oxygen atoms in total. The van der Waals surface area contributed by atoms with Gasteiger partial charge in [-0.05, 0) is 11.6 Å². The number of halogens is 1. The van der Waals surface area contributed by atoms with E-state index in [-0.39, 0.29) is 5.06 Å². The minimum absolute atomic E-state index is 0.0838. The molecule has 1 aliphatic rings. The van der Waals surface area contributed by atoms with Crippen LogP contribution in [-0.2, 0) is 5.33 Å². The molecule has 0 aliphatic carbocycles. The molecule has 102 valence electrons. The van der Waals surface area contributed by atoms with Gasteiger partial charge in [0.2, 0.25) is 0 Å². The summed E-state index contributed by atoms with van der Waals surface area (Å²) in [5.74, 6) is 0. The molecular formula is C17H16BrNO. The van der Waals surface area contributed by atoms with Gasteiger partial charge in [0.15, 0.2) is 0 Å². The Morgan fingerprint density at radius 3 is 2.30 bits per heavy atom. The summed E-state index contributed by atoms with van der Waals surface area (Å²) in [5, 5.41) is 12.3. The summed E-state index contributed by atoms with van der Waals surface area (Å²) in [6.07, 6.45) is 3.33. The van der Waals surface area contributed by atoms with Crippen LogP contribution in [0.2, 0.25) is 0 Å². The Morgan fingerprint density at radius 1 is 1.05 bits per heavy atom. The van der Waals surface area contributed by atoms with E-state index < -0.39 is 0 Å². The molecule has 0 amide bonds. The second-order valence-corrected chi connectivity index (χ2v) is 4.89. The maximum atomic E-state index is 11.3. The lowest BCUT2D eigenvalue weighted by molar-refractivity contribution is -0.710. The Balaban J connectivity index is 0.000000160. The van der Waals surface area contributed by atoms with Crippen LogP contribution in [0, 0.1) is 5.21 Å². The lowest BCUT2D eigenvalue weighted by Gasteiger charge is -2.12. The van der Waals surface area contributed by atoms with Gasteiger partial charge >= 0.3 is 0 Å². The third-order valence-corrected chi connectivity index (χ3v) is 3.65. The second-order valence-electron chi connectivity index (χ2n) is 4.33. The molecular weight excluding hydrogens is 314 g/mol. The van der Waals surface area contributed by atoms with Crippen molar-refractivity contribution in [3.63, 3.8) is 0 Å². The quantitative estimate of drug-likeness (QED) is 0.658. The smallest absolute Gasteiger partial charge is 0.143 e. The van der Waals surface area contributed by atoms with Gasteiger partial charge in [-0.2, -0.15) is 0 Å². The standard InChI is InChI=1S/C10H9NO.C7H7Br/c1-2-8-7-11(12)10-6-4-3-5-9(8)10;8-6-7-4-2-1-3-5-7/h2-7,11H,1H2;1-5H,6H2. The molecule has 0 aromatic heterocycles. The molecule has 20 heavy (non-hydrogen) atoms. The summed E-state index contributed by atoms with van der Waals surface area (Å²) in [6.45, 7) is 3.66. The van der Waals surface area contributed by atoms with E-state index >= 15 is 0 Å². The number of hydrogen-bond donors (Lipinski definition) is 1. The van der Waals surface area contributed by atoms with Crippen LogP contribution in [0.15, 0.2) is 73.5 Å². The lowest BCUT2D eigenvalue weighted by atomic mass is 10.1. The number of fused-ring (bicyclic) bond motifs is 1. The summed E-state index contributed by atoms with van der Waals surface area (Å²) in [7, 11) is 0. The minimum atomic E-state index is 0.0838. The SMILES string of the molecule is BrCc1ccccc1.C=CC1=C[NH+]([O-])c2ccccc21. The van der Waals surface area contributed by atoms with E-state index in [0.29, 0.717) is 0 Å². The van der Waals surface area contributed by atoms with E-state index in [0.717, 1.165) is 22.2 Å². The van der Waals surface area contributed by atoms with Gasteiger partial charge in [-0.3, -0.25) is 0 Å². The van der Waals surface area contributed by atoms with Crippen molar-refractivity contribution in [3.05, 3.63) is 89.8 Å². The topological polar surface area (TPSA) is 27.5 Å². The first-order valence-electron chi connectivity index (χ1n) is 6.34. The Kier molecular flexibility index (Phi) is 5.30. The third-order valence-electron chi connectivity index (χ3n) is 3.01. The van der Waals surface area contributed by atoms with Gasteiger partial charge in [0.05, 0.1) is 0 Å². The number of allylic oxidation sites excluding steroid dienone is 2. The predicted molar refractivity (Wildman–Crippen MR) is 87.7 cm³/mol.